The van der Waals surface area contributed by atoms with Crippen LogP contribution in [-0.4, -0.2) is 18.5 Å². The summed E-state index contributed by atoms with van der Waals surface area (Å²) in [6, 6.07) is 7.55. The van der Waals surface area contributed by atoms with E-state index in [1.807, 2.05) is 31.2 Å². The second kappa shape index (κ2) is 4.88. The smallest absolute Gasteiger partial charge is 0.363 e. The highest BCUT2D eigenvalue weighted by Crippen LogP contribution is 2.34. The molecule has 0 bridgehead atoms. The van der Waals surface area contributed by atoms with Gasteiger partial charge in [0.25, 0.3) is 0 Å². The molecule has 0 unspecified atom stereocenters. The van der Waals surface area contributed by atoms with E-state index in [1.165, 1.54) is 0 Å². The predicted molar refractivity (Wildman–Crippen MR) is 71.8 cm³/mol. The van der Waals surface area contributed by atoms with E-state index in [0.717, 1.165) is 24.2 Å². The van der Waals surface area contributed by atoms with E-state index in [9.17, 15) is 4.79 Å². The van der Waals surface area contributed by atoms with E-state index in [-0.39, 0.29) is 5.97 Å². The average molecular weight is 257 g/mol. The van der Waals surface area contributed by atoms with Crippen molar-refractivity contribution in [2.45, 2.75) is 19.8 Å². The molecule has 1 fully saturated rings. The van der Waals surface area contributed by atoms with Crippen molar-refractivity contribution < 1.29 is 14.3 Å². The van der Waals surface area contributed by atoms with Crippen LogP contribution in [0.4, 0.5) is 0 Å². The van der Waals surface area contributed by atoms with Gasteiger partial charge in [0.05, 0.1) is 6.61 Å². The Morgan fingerprint density at radius 2 is 2.11 bits per heavy atom. The molecule has 1 aromatic carbocycles. The highest BCUT2D eigenvalue weighted by molar-refractivity contribution is 6.08. The lowest BCUT2D eigenvalue weighted by Crippen LogP contribution is -2.05. The maximum absolute atomic E-state index is 11.7. The van der Waals surface area contributed by atoms with E-state index >= 15 is 0 Å². The maximum atomic E-state index is 11.7. The van der Waals surface area contributed by atoms with Crippen LogP contribution in [0, 0.1) is 5.92 Å². The van der Waals surface area contributed by atoms with Gasteiger partial charge in [0.15, 0.2) is 5.70 Å². The highest BCUT2D eigenvalue weighted by atomic mass is 16.6. The monoisotopic (exact) mass is 257 g/mol. The summed E-state index contributed by atoms with van der Waals surface area (Å²) in [6.45, 7) is 2.58. The number of ether oxygens (including phenoxy) is 2. The molecule has 0 saturated heterocycles. The second-order valence-corrected chi connectivity index (χ2v) is 4.65. The summed E-state index contributed by atoms with van der Waals surface area (Å²) >= 11 is 0. The van der Waals surface area contributed by atoms with Crippen LogP contribution in [0.2, 0.25) is 0 Å². The number of carbonyl (C=O) groups excluding carboxylic acids is 1. The van der Waals surface area contributed by atoms with Crippen molar-refractivity contribution in [3.8, 4) is 5.75 Å². The number of benzene rings is 1. The zero-order valence-corrected chi connectivity index (χ0v) is 10.8. The molecular formula is C15H15NO3. The van der Waals surface area contributed by atoms with Crippen LogP contribution in [0.15, 0.2) is 35.0 Å². The van der Waals surface area contributed by atoms with Gasteiger partial charge in [-0.1, -0.05) is 12.1 Å². The minimum atomic E-state index is -0.351. The van der Waals surface area contributed by atoms with E-state index in [0.29, 0.717) is 24.1 Å². The third kappa shape index (κ3) is 2.67. The van der Waals surface area contributed by atoms with Gasteiger partial charge >= 0.3 is 5.97 Å². The molecule has 0 spiro atoms. The van der Waals surface area contributed by atoms with Crippen LogP contribution in [0.25, 0.3) is 6.08 Å². The normalized spacial score (nSPS) is 20.4. The van der Waals surface area contributed by atoms with Gasteiger partial charge in [-0.3, -0.25) is 0 Å². The lowest BCUT2D eigenvalue weighted by molar-refractivity contribution is -0.130. The Kier molecular flexibility index (Phi) is 3.07. The molecule has 98 valence electrons. The zero-order chi connectivity index (χ0) is 13.2. The van der Waals surface area contributed by atoms with Gasteiger partial charge in [0, 0.05) is 5.92 Å². The Morgan fingerprint density at radius 1 is 1.37 bits per heavy atom. The standard InChI is InChI=1S/C15H15NO3/c1-2-18-12-7-3-10(4-8-12)9-13-15(17)19-14(16-13)11-5-6-11/h3-4,7-9,11H,2,5-6H2,1H3/b13-9+. The quantitative estimate of drug-likeness (QED) is 0.615. The minimum absolute atomic E-state index is 0.351. The van der Waals surface area contributed by atoms with E-state index in [4.69, 9.17) is 9.47 Å². The number of esters is 1. The Balaban J connectivity index is 1.78. The first-order valence-corrected chi connectivity index (χ1v) is 6.51. The number of cyclic esters (lactones) is 1. The van der Waals surface area contributed by atoms with Gasteiger partial charge in [-0.15, -0.1) is 0 Å². The van der Waals surface area contributed by atoms with Gasteiger partial charge < -0.3 is 9.47 Å². The molecule has 1 saturated carbocycles. The summed E-state index contributed by atoms with van der Waals surface area (Å²) in [6.07, 6.45) is 3.89. The summed E-state index contributed by atoms with van der Waals surface area (Å²) in [5, 5.41) is 0. The minimum Gasteiger partial charge on any atom is -0.494 e. The van der Waals surface area contributed by atoms with Gasteiger partial charge in [-0.05, 0) is 43.5 Å². The molecule has 4 nitrogen and oxygen atoms in total. The summed E-state index contributed by atoms with van der Waals surface area (Å²) < 4.78 is 10.5. The van der Waals surface area contributed by atoms with Crippen molar-refractivity contribution in [3.05, 3.63) is 35.5 Å². The molecule has 1 aliphatic heterocycles. The third-order valence-corrected chi connectivity index (χ3v) is 3.06. The van der Waals surface area contributed by atoms with Gasteiger partial charge in [-0.25, -0.2) is 9.79 Å². The Labute approximate surface area is 111 Å². The van der Waals surface area contributed by atoms with Crippen LogP contribution >= 0.6 is 0 Å². The molecule has 1 heterocycles. The molecule has 0 atom stereocenters. The van der Waals surface area contributed by atoms with Gasteiger partial charge in [-0.2, -0.15) is 0 Å². The molecule has 1 aliphatic carbocycles. The topological polar surface area (TPSA) is 47.9 Å². The lowest BCUT2D eigenvalue weighted by Gasteiger charge is -2.02. The third-order valence-electron chi connectivity index (χ3n) is 3.06. The van der Waals surface area contributed by atoms with Crippen LogP contribution in [-0.2, 0) is 9.53 Å². The number of aliphatic imine (C=N–C) groups is 1. The van der Waals surface area contributed by atoms with E-state index in [2.05, 4.69) is 4.99 Å². The first-order chi connectivity index (χ1) is 9.26. The van der Waals surface area contributed by atoms with Gasteiger partial charge in [0.2, 0.25) is 5.90 Å². The SMILES string of the molecule is CCOc1ccc(/C=C2/N=C(C3CC3)OC2=O)cc1. The van der Waals surface area contributed by atoms with Crippen molar-refractivity contribution in [1.29, 1.82) is 0 Å². The number of hydrogen-bond acceptors (Lipinski definition) is 4. The summed E-state index contributed by atoms with van der Waals surface area (Å²) in [5.74, 6) is 1.41. The zero-order valence-electron chi connectivity index (χ0n) is 10.8. The number of nitrogens with zero attached hydrogens (tertiary/aromatic N) is 1. The van der Waals surface area contributed by atoms with Crippen LogP contribution in [0.3, 0.4) is 0 Å². The largest absolute Gasteiger partial charge is 0.494 e. The van der Waals surface area contributed by atoms with Gasteiger partial charge in [0.1, 0.15) is 5.75 Å². The van der Waals surface area contributed by atoms with Crippen LogP contribution < -0.4 is 4.74 Å². The fraction of sp³-hybridized carbons (Fsp3) is 0.333. The van der Waals surface area contributed by atoms with E-state index in [1.54, 1.807) is 6.08 Å². The molecule has 1 aromatic rings. The maximum Gasteiger partial charge on any atom is 0.363 e. The van der Waals surface area contributed by atoms with Crippen LogP contribution in [0.1, 0.15) is 25.3 Å². The fourth-order valence-electron chi connectivity index (χ4n) is 1.92. The molecule has 4 heteroatoms. The Bertz CT molecular complexity index is 553. The first-order valence-electron chi connectivity index (χ1n) is 6.51. The first kappa shape index (κ1) is 12.0. The molecule has 0 radical (unpaired) electrons. The van der Waals surface area contributed by atoms with E-state index < -0.39 is 0 Å². The van der Waals surface area contributed by atoms with Crippen molar-refractivity contribution in [2.75, 3.05) is 6.61 Å². The average Bonchev–Trinajstić information content (AvgIpc) is 3.19. The molecule has 0 amide bonds. The number of hydrogen-bond donors (Lipinski definition) is 0. The van der Waals surface area contributed by atoms with Crippen molar-refractivity contribution in [3.63, 3.8) is 0 Å². The van der Waals surface area contributed by atoms with Crippen molar-refractivity contribution >= 4 is 17.9 Å². The molecule has 0 N–H and O–H groups in total. The molecule has 0 aromatic heterocycles. The predicted octanol–water partition coefficient (Wildman–Crippen LogP) is 2.79. The lowest BCUT2D eigenvalue weighted by atomic mass is 10.2. The Morgan fingerprint density at radius 3 is 2.74 bits per heavy atom. The number of rotatable bonds is 4. The molecule has 3 rings (SSSR count). The van der Waals surface area contributed by atoms with Crippen molar-refractivity contribution in [1.82, 2.24) is 0 Å². The number of carbonyl (C=O) groups is 1. The summed E-state index contributed by atoms with van der Waals surface area (Å²) in [4.78, 5) is 15.9. The molecular weight excluding hydrogens is 242 g/mol. The molecule has 2 aliphatic rings. The Hall–Kier alpha value is -2.10. The summed E-state index contributed by atoms with van der Waals surface area (Å²) in [5.41, 5.74) is 1.29. The summed E-state index contributed by atoms with van der Waals surface area (Å²) in [7, 11) is 0. The molecule has 19 heavy (non-hydrogen) atoms. The van der Waals surface area contributed by atoms with Crippen LogP contribution in [0.5, 0.6) is 5.75 Å². The fourth-order valence-corrected chi connectivity index (χ4v) is 1.92. The second-order valence-electron chi connectivity index (χ2n) is 4.65. The highest BCUT2D eigenvalue weighted by Gasteiger charge is 2.35. The van der Waals surface area contributed by atoms with Crippen molar-refractivity contribution in [2.24, 2.45) is 10.9 Å².